The summed E-state index contributed by atoms with van der Waals surface area (Å²) >= 11 is 0. The summed E-state index contributed by atoms with van der Waals surface area (Å²) in [6, 6.07) is 0. The van der Waals surface area contributed by atoms with Gasteiger partial charge in [-0.3, -0.25) is 9.59 Å². The lowest BCUT2D eigenvalue weighted by Gasteiger charge is -2.22. The highest BCUT2D eigenvalue weighted by atomic mass is 16.4. The molecule has 14 heavy (non-hydrogen) atoms. The van der Waals surface area contributed by atoms with Gasteiger partial charge in [0.2, 0.25) is 0 Å². The third kappa shape index (κ3) is 6.46. The Kier molecular flexibility index (Phi) is 4.60. The quantitative estimate of drug-likeness (QED) is 0.714. The average molecular weight is 202 g/mol. The summed E-state index contributed by atoms with van der Waals surface area (Å²) in [6.07, 6.45) is 0.643. The van der Waals surface area contributed by atoms with Crippen molar-refractivity contribution in [3.05, 3.63) is 0 Å². The van der Waals surface area contributed by atoms with Crippen molar-refractivity contribution in [1.29, 1.82) is 0 Å². The van der Waals surface area contributed by atoms with E-state index in [1.807, 2.05) is 20.8 Å². The van der Waals surface area contributed by atoms with Crippen LogP contribution >= 0.6 is 0 Å². The standard InChI is InChI=1S/C10H18O4/c1-10(2,3)6-7(9(13)14)4-5-8(11)12/h7H,4-6H2,1-3H3,(H,11,12)(H,13,14). The summed E-state index contributed by atoms with van der Waals surface area (Å²) < 4.78 is 0. The van der Waals surface area contributed by atoms with E-state index in [-0.39, 0.29) is 18.3 Å². The zero-order valence-corrected chi connectivity index (χ0v) is 8.91. The van der Waals surface area contributed by atoms with E-state index in [2.05, 4.69) is 0 Å². The van der Waals surface area contributed by atoms with Gasteiger partial charge in [-0.25, -0.2) is 0 Å². The van der Waals surface area contributed by atoms with Crippen molar-refractivity contribution >= 4 is 11.9 Å². The Balaban J connectivity index is 4.17. The Labute approximate surface area is 83.9 Å². The molecule has 0 saturated heterocycles. The summed E-state index contributed by atoms with van der Waals surface area (Å²) in [7, 11) is 0. The SMILES string of the molecule is CC(C)(C)CC(CCC(=O)O)C(=O)O. The van der Waals surface area contributed by atoms with Crippen molar-refractivity contribution < 1.29 is 19.8 Å². The second-order valence-corrected chi connectivity index (χ2v) is 4.73. The molecule has 0 amide bonds. The molecule has 0 radical (unpaired) electrons. The fourth-order valence-electron chi connectivity index (χ4n) is 1.35. The molecule has 0 heterocycles. The first-order chi connectivity index (χ1) is 6.22. The molecular weight excluding hydrogens is 184 g/mol. The van der Waals surface area contributed by atoms with Crippen LogP contribution < -0.4 is 0 Å². The average Bonchev–Trinajstić information content (AvgIpc) is 1.94. The molecule has 0 aromatic heterocycles. The molecule has 0 aliphatic rings. The van der Waals surface area contributed by atoms with Crippen LogP contribution in [0.1, 0.15) is 40.0 Å². The molecule has 1 unspecified atom stereocenters. The third-order valence-electron chi connectivity index (χ3n) is 1.91. The minimum atomic E-state index is -0.940. The number of aliphatic carboxylic acids is 2. The van der Waals surface area contributed by atoms with E-state index < -0.39 is 17.9 Å². The summed E-state index contributed by atoms with van der Waals surface area (Å²) in [6.45, 7) is 5.84. The number of hydrogen-bond donors (Lipinski definition) is 2. The lowest BCUT2D eigenvalue weighted by Crippen LogP contribution is -2.21. The monoisotopic (exact) mass is 202 g/mol. The summed E-state index contributed by atoms with van der Waals surface area (Å²) in [5.74, 6) is -2.39. The van der Waals surface area contributed by atoms with E-state index in [0.29, 0.717) is 6.42 Å². The highest BCUT2D eigenvalue weighted by molar-refractivity contribution is 5.72. The van der Waals surface area contributed by atoms with Crippen LogP contribution in [0.5, 0.6) is 0 Å². The Morgan fingerprint density at radius 2 is 1.71 bits per heavy atom. The maximum absolute atomic E-state index is 10.8. The molecule has 0 bridgehead atoms. The summed E-state index contributed by atoms with van der Waals surface area (Å²) in [5, 5.41) is 17.3. The van der Waals surface area contributed by atoms with Crippen LogP contribution in [0.2, 0.25) is 0 Å². The van der Waals surface area contributed by atoms with Crippen LogP contribution in [-0.2, 0) is 9.59 Å². The molecule has 4 nitrogen and oxygen atoms in total. The van der Waals surface area contributed by atoms with Gasteiger partial charge in [0, 0.05) is 6.42 Å². The topological polar surface area (TPSA) is 74.6 Å². The van der Waals surface area contributed by atoms with Gasteiger partial charge in [-0.2, -0.15) is 0 Å². The van der Waals surface area contributed by atoms with Gasteiger partial charge < -0.3 is 10.2 Å². The van der Waals surface area contributed by atoms with Gasteiger partial charge in [0.15, 0.2) is 0 Å². The number of hydrogen-bond acceptors (Lipinski definition) is 2. The highest BCUT2D eigenvalue weighted by Crippen LogP contribution is 2.27. The zero-order chi connectivity index (χ0) is 11.4. The smallest absolute Gasteiger partial charge is 0.306 e. The van der Waals surface area contributed by atoms with Crippen molar-refractivity contribution in [1.82, 2.24) is 0 Å². The fraction of sp³-hybridized carbons (Fsp3) is 0.800. The molecule has 2 N–H and O–H groups in total. The highest BCUT2D eigenvalue weighted by Gasteiger charge is 2.24. The molecule has 0 rings (SSSR count). The van der Waals surface area contributed by atoms with Crippen molar-refractivity contribution in [2.45, 2.75) is 40.0 Å². The van der Waals surface area contributed by atoms with E-state index in [4.69, 9.17) is 10.2 Å². The molecule has 0 aliphatic heterocycles. The molecule has 1 atom stereocenters. The molecule has 82 valence electrons. The normalized spacial score (nSPS) is 13.6. The van der Waals surface area contributed by atoms with Crippen LogP contribution in [0.25, 0.3) is 0 Å². The van der Waals surface area contributed by atoms with Crippen LogP contribution in [0.3, 0.4) is 0 Å². The summed E-state index contributed by atoms with van der Waals surface area (Å²) in [5.41, 5.74) is -0.0818. The van der Waals surface area contributed by atoms with Gasteiger partial charge in [0.25, 0.3) is 0 Å². The Bertz CT molecular complexity index is 215. The Morgan fingerprint density at radius 3 is 2.00 bits per heavy atom. The molecule has 0 aliphatic carbocycles. The summed E-state index contributed by atoms with van der Waals surface area (Å²) in [4.78, 5) is 21.1. The molecular formula is C10H18O4. The third-order valence-corrected chi connectivity index (χ3v) is 1.91. The number of rotatable bonds is 5. The van der Waals surface area contributed by atoms with Gasteiger partial charge in [-0.1, -0.05) is 20.8 Å². The van der Waals surface area contributed by atoms with Crippen LogP contribution in [-0.4, -0.2) is 22.2 Å². The van der Waals surface area contributed by atoms with Crippen LogP contribution in [0.15, 0.2) is 0 Å². The lowest BCUT2D eigenvalue weighted by molar-refractivity contribution is -0.144. The second-order valence-electron chi connectivity index (χ2n) is 4.73. The zero-order valence-electron chi connectivity index (χ0n) is 8.91. The molecule has 0 aromatic carbocycles. The van der Waals surface area contributed by atoms with Crippen LogP contribution in [0, 0.1) is 11.3 Å². The van der Waals surface area contributed by atoms with Gasteiger partial charge in [-0.15, -0.1) is 0 Å². The van der Waals surface area contributed by atoms with Gasteiger partial charge in [0.1, 0.15) is 0 Å². The maximum atomic E-state index is 10.8. The largest absolute Gasteiger partial charge is 0.481 e. The van der Waals surface area contributed by atoms with Crippen molar-refractivity contribution in [3.8, 4) is 0 Å². The van der Waals surface area contributed by atoms with E-state index >= 15 is 0 Å². The lowest BCUT2D eigenvalue weighted by atomic mass is 9.83. The van der Waals surface area contributed by atoms with E-state index in [0.717, 1.165) is 0 Å². The number of carboxylic acids is 2. The van der Waals surface area contributed by atoms with Crippen molar-refractivity contribution in [2.75, 3.05) is 0 Å². The van der Waals surface area contributed by atoms with Gasteiger partial charge >= 0.3 is 11.9 Å². The Hall–Kier alpha value is -1.06. The maximum Gasteiger partial charge on any atom is 0.306 e. The molecule has 0 aromatic rings. The predicted molar refractivity (Wildman–Crippen MR) is 52.1 cm³/mol. The van der Waals surface area contributed by atoms with E-state index in [1.54, 1.807) is 0 Å². The first-order valence-corrected chi connectivity index (χ1v) is 4.67. The molecule has 0 saturated carbocycles. The first kappa shape index (κ1) is 12.9. The van der Waals surface area contributed by atoms with E-state index in [1.165, 1.54) is 0 Å². The Morgan fingerprint density at radius 1 is 1.21 bits per heavy atom. The van der Waals surface area contributed by atoms with Crippen molar-refractivity contribution in [2.24, 2.45) is 11.3 Å². The van der Waals surface area contributed by atoms with Gasteiger partial charge in [0.05, 0.1) is 5.92 Å². The molecule has 4 heteroatoms. The fourth-order valence-corrected chi connectivity index (χ4v) is 1.35. The minimum Gasteiger partial charge on any atom is -0.481 e. The second kappa shape index (κ2) is 4.98. The van der Waals surface area contributed by atoms with Gasteiger partial charge in [-0.05, 0) is 18.3 Å². The number of carboxylic acid groups (broad SMARTS) is 2. The number of carbonyl (C=O) groups is 2. The molecule has 0 spiro atoms. The first-order valence-electron chi connectivity index (χ1n) is 4.67. The predicted octanol–water partition coefficient (Wildman–Crippen LogP) is 1.99. The minimum absolute atomic E-state index is 0.0763. The molecule has 0 fully saturated rings. The van der Waals surface area contributed by atoms with Crippen LogP contribution in [0.4, 0.5) is 0 Å². The van der Waals surface area contributed by atoms with E-state index in [9.17, 15) is 9.59 Å². The van der Waals surface area contributed by atoms with Crippen molar-refractivity contribution in [3.63, 3.8) is 0 Å².